The molecule has 2 aliphatic heterocycles. The molecule has 0 saturated carbocycles. The Balaban J connectivity index is 1.98. The molecule has 0 spiro atoms. The molecule has 15 heavy (non-hydrogen) atoms. The van der Waals surface area contributed by atoms with Gasteiger partial charge in [-0.05, 0) is 5.56 Å². The van der Waals surface area contributed by atoms with Crippen molar-refractivity contribution in [3.8, 4) is 0 Å². The number of hydrogen-bond donors (Lipinski definition) is 0. The molecule has 0 radical (unpaired) electrons. The van der Waals surface area contributed by atoms with Crippen molar-refractivity contribution < 1.29 is 9.53 Å². The van der Waals surface area contributed by atoms with Gasteiger partial charge in [-0.2, -0.15) is 0 Å². The van der Waals surface area contributed by atoms with Crippen molar-refractivity contribution in [1.82, 2.24) is 0 Å². The molecule has 3 rings (SSSR count). The molecule has 76 valence electrons. The van der Waals surface area contributed by atoms with Crippen LogP contribution in [0.5, 0.6) is 0 Å². The largest absolute Gasteiger partial charge is 0.365 e. The molecule has 2 heterocycles. The SMILES string of the molecule is O=C1C[C@@H]2C=C[C@@H](O2)C1c1ccccc1. The van der Waals surface area contributed by atoms with Gasteiger partial charge in [0.15, 0.2) is 0 Å². The number of rotatable bonds is 1. The van der Waals surface area contributed by atoms with E-state index in [1.165, 1.54) is 0 Å². The van der Waals surface area contributed by atoms with Crippen LogP contribution in [0.15, 0.2) is 42.5 Å². The highest BCUT2D eigenvalue weighted by molar-refractivity contribution is 5.88. The lowest BCUT2D eigenvalue weighted by Gasteiger charge is -2.28. The summed E-state index contributed by atoms with van der Waals surface area (Å²) in [6.07, 6.45) is 4.53. The molecule has 1 aromatic carbocycles. The number of Topliss-reactive ketones (excluding diaryl/α,β-unsaturated/α-hetero) is 1. The van der Waals surface area contributed by atoms with Gasteiger partial charge in [0.2, 0.25) is 0 Å². The summed E-state index contributed by atoms with van der Waals surface area (Å²) in [6, 6.07) is 9.89. The summed E-state index contributed by atoms with van der Waals surface area (Å²) in [6.45, 7) is 0. The summed E-state index contributed by atoms with van der Waals surface area (Å²) < 4.78 is 5.70. The van der Waals surface area contributed by atoms with Gasteiger partial charge in [0, 0.05) is 6.42 Å². The molecule has 3 atom stereocenters. The van der Waals surface area contributed by atoms with Gasteiger partial charge in [-0.15, -0.1) is 0 Å². The van der Waals surface area contributed by atoms with Crippen LogP contribution in [0.25, 0.3) is 0 Å². The quantitative estimate of drug-likeness (QED) is 0.649. The Bertz CT molecular complexity index is 408. The van der Waals surface area contributed by atoms with Crippen LogP contribution in [0.4, 0.5) is 0 Å². The van der Waals surface area contributed by atoms with Crippen molar-refractivity contribution in [2.24, 2.45) is 0 Å². The molecule has 2 nitrogen and oxygen atoms in total. The maximum absolute atomic E-state index is 11.9. The second-order valence-corrected chi connectivity index (χ2v) is 4.08. The predicted octanol–water partition coefficient (Wildman–Crippen LogP) is 2.07. The van der Waals surface area contributed by atoms with Crippen LogP contribution in [0.1, 0.15) is 17.9 Å². The van der Waals surface area contributed by atoms with E-state index in [1.807, 2.05) is 42.5 Å². The summed E-state index contributed by atoms with van der Waals surface area (Å²) in [4.78, 5) is 11.9. The number of ether oxygens (including phenoxy) is 1. The Morgan fingerprint density at radius 3 is 2.73 bits per heavy atom. The summed E-state index contributed by atoms with van der Waals surface area (Å²) in [7, 11) is 0. The number of fused-ring (bicyclic) bond motifs is 2. The molecule has 2 bridgehead atoms. The van der Waals surface area contributed by atoms with E-state index in [1.54, 1.807) is 0 Å². The van der Waals surface area contributed by atoms with E-state index in [0.717, 1.165) is 5.56 Å². The van der Waals surface area contributed by atoms with Crippen LogP contribution < -0.4 is 0 Å². The first-order chi connectivity index (χ1) is 7.34. The minimum Gasteiger partial charge on any atom is -0.365 e. The second-order valence-electron chi connectivity index (χ2n) is 4.08. The van der Waals surface area contributed by atoms with Crippen molar-refractivity contribution in [2.75, 3.05) is 0 Å². The average molecular weight is 200 g/mol. The Morgan fingerprint density at radius 2 is 1.93 bits per heavy atom. The van der Waals surface area contributed by atoms with Crippen LogP contribution in [0, 0.1) is 0 Å². The molecule has 0 N–H and O–H groups in total. The normalized spacial score (nSPS) is 33.3. The minimum absolute atomic E-state index is 0.0301. The van der Waals surface area contributed by atoms with Crippen molar-refractivity contribution in [3.05, 3.63) is 48.0 Å². The maximum Gasteiger partial charge on any atom is 0.146 e. The smallest absolute Gasteiger partial charge is 0.146 e. The highest BCUT2D eigenvalue weighted by Crippen LogP contribution is 2.35. The second kappa shape index (κ2) is 3.31. The fourth-order valence-corrected chi connectivity index (χ4v) is 2.38. The van der Waals surface area contributed by atoms with E-state index < -0.39 is 0 Å². The lowest BCUT2D eigenvalue weighted by molar-refractivity contribution is -0.131. The Labute approximate surface area is 88.6 Å². The zero-order valence-electron chi connectivity index (χ0n) is 8.30. The summed E-state index contributed by atoms with van der Waals surface area (Å²) in [5, 5.41) is 0. The summed E-state index contributed by atoms with van der Waals surface area (Å²) in [5.41, 5.74) is 1.07. The molecule has 0 amide bonds. The van der Waals surface area contributed by atoms with Gasteiger partial charge in [-0.25, -0.2) is 0 Å². The highest BCUT2D eigenvalue weighted by Gasteiger charge is 2.39. The molecular weight excluding hydrogens is 188 g/mol. The molecule has 1 unspecified atom stereocenters. The third kappa shape index (κ3) is 1.41. The fraction of sp³-hybridized carbons (Fsp3) is 0.308. The van der Waals surface area contributed by atoms with Crippen molar-refractivity contribution in [1.29, 1.82) is 0 Å². The first kappa shape index (κ1) is 8.86. The predicted molar refractivity (Wildman–Crippen MR) is 56.6 cm³/mol. The lowest BCUT2D eigenvalue weighted by atomic mass is 9.87. The highest BCUT2D eigenvalue weighted by atomic mass is 16.5. The third-order valence-corrected chi connectivity index (χ3v) is 3.08. The van der Waals surface area contributed by atoms with Gasteiger partial charge in [0.1, 0.15) is 5.78 Å². The maximum atomic E-state index is 11.9. The van der Waals surface area contributed by atoms with Gasteiger partial charge in [-0.1, -0.05) is 42.5 Å². The zero-order chi connectivity index (χ0) is 10.3. The van der Waals surface area contributed by atoms with Crippen molar-refractivity contribution in [3.63, 3.8) is 0 Å². The number of carbonyl (C=O) groups is 1. The molecule has 2 aliphatic rings. The van der Waals surface area contributed by atoms with E-state index in [4.69, 9.17) is 4.74 Å². The molecule has 1 fully saturated rings. The standard InChI is InChI=1S/C13H12O2/c14-11-8-10-6-7-12(15-10)13(11)9-4-2-1-3-5-9/h1-7,10,12-13H,8H2/t10-,12+,13?/m0/s1. The van der Waals surface area contributed by atoms with Crippen LogP contribution in [-0.2, 0) is 9.53 Å². The topological polar surface area (TPSA) is 26.3 Å². The molecule has 0 aromatic heterocycles. The van der Waals surface area contributed by atoms with Gasteiger partial charge >= 0.3 is 0 Å². The van der Waals surface area contributed by atoms with Crippen molar-refractivity contribution in [2.45, 2.75) is 24.5 Å². The number of carbonyl (C=O) groups excluding carboxylic acids is 1. The molecule has 1 saturated heterocycles. The van der Waals surface area contributed by atoms with E-state index in [9.17, 15) is 4.79 Å². The van der Waals surface area contributed by atoms with Crippen LogP contribution >= 0.6 is 0 Å². The molecule has 1 aromatic rings. The summed E-state index contributed by atoms with van der Waals surface area (Å²) in [5.74, 6) is 0.202. The third-order valence-electron chi connectivity index (χ3n) is 3.08. The average Bonchev–Trinajstić information content (AvgIpc) is 2.62. The first-order valence-electron chi connectivity index (χ1n) is 5.26. The van der Waals surface area contributed by atoms with E-state index >= 15 is 0 Å². The Morgan fingerprint density at radius 1 is 1.13 bits per heavy atom. The van der Waals surface area contributed by atoms with Gasteiger partial charge < -0.3 is 4.74 Å². The molecular formula is C13H12O2. The van der Waals surface area contributed by atoms with Gasteiger partial charge in [0.25, 0.3) is 0 Å². The Hall–Kier alpha value is -1.41. The van der Waals surface area contributed by atoms with Gasteiger partial charge in [0.05, 0.1) is 18.1 Å². The van der Waals surface area contributed by atoms with E-state index in [0.29, 0.717) is 12.2 Å². The van der Waals surface area contributed by atoms with Crippen LogP contribution in [0.2, 0.25) is 0 Å². The fourth-order valence-electron chi connectivity index (χ4n) is 2.38. The lowest BCUT2D eigenvalue weighted by Crippen LogP contribution is -2.34. The zero-order valence-corrected chi connectivity index (χ0v) is 8.30. The van der Waals surface area contributed by atoms with Crippen LogP contribution in [-0.4, -0.2) is 18.0 Å². The van der Waals surface area contributed by atoms with E-state index in [-0.39, 0.29) is 18.1 Å². The van der Waals surface area contributed by atoms with Gasteiger partial charge in [-0.3, -0.25) is 4.79 Å². The van der Waals surface area contributed by atoms with Crippen molar-refractivity contribution >= 4 is 5.78 Å². The first-order valence-corrected chi connectivity index (χ1v) is 5.26. The number of hydrogen-bond acceptors (Lipinski definition) is 2. The molecule has 2 heteroatoms. The molecule has 0 aliphatic carbocycles. The van der Waals surface area contributed by atoms with Crippen LogP contribution in [0.3, 0.4) is 0 Å². The monoisotopic (exact) mass is 200 g/mol. The number of benzene rings is 1. The minimum atomic E-state index is -0.0961. The van der Waals surface area contributed by atoms with E-state index in [2.05, 4.69) is 0 Å². The number of ketones is 1. The summed E-state index contributed by atoms with van der Waals surface area (Å²) >= 11 is 0. The Kier molecular flexibility index (Phi) is 1.96.